The van der Waals surface area contributed by atoms with Gasteiger partial charge in [-0.2, -0.15) is 0 Å². The highest BCUT2D eigenvalue weighted by Crippen LogP contribution is 2.38. The molecular weight excluding hydrogens is 339 g/mol. The molecule has 1 atom stereocenters. The average Bonchev–Trinajstić information content (AvgIpc) is 2.45. The summed E-state index contributed by atoms with van der Waals surface area (Å²) < 4.78 is 25.1. The predicted octanol–water partition coefficient (Wildman–Crippen LogP) is 3.64. The van der Waals surface area contributed by atoms with Crippen LogP contribution in [0.25, 0.3) is 0 Å². The SMILES string of the molecule is OC(Cc1cc(F)cc(Br)c1)c1cccc2c1OCCO2. The van der Waals surface area contributed by atoms with Gasteiger partial charge in [0.1, 0.15) is 19.0 Å². The van der Waals surface area contributed by atoms with Crippen LogP contribution in [0.2, 0.25) is 0 Å². The van der Waals surface area contributed by atoms with Gasteiger partial charge in [-0.3, -0.25) is 0 Å². The Morgan fingerprint density at radius 3 is 2.81 bits per heavy atom. The molecule has 110 valence electrons. The van der Waals surface area contributed by atoms with Crippen molar-refractivity contribution >= 4 is 15.9 Å². The first-order valence-electron chi connectivity index (χ1n) is 6.65. The zero-order valence-corrected chi connectivity index (χ0v) is 12.8. The summed E-state index contributed by atoms with van der Waals surface area (Å²) in [6.07, 6.45) is -0.480. The van der Waals surface area contributed by atoms with E-state index in [0.717, 1.165) is 0 Å². The molecule has 5 heteroatoms. The van der Waals surface area contributed by atoms with E-state index in [0.29, 0.717) is 46.7 Å². The Hall–Kier alpha value is -1.59. The number of hydrogen-bond acceptors (Lipinski definition) is 3. The molecule has 3 rings (SSSR count). The Morgan fingerprint density at radius 1 is 1.19 bits per heavy atom. The van der Waals surface area contributed by atoms with Crippen LogP contribution in [0.4, 0.5) is 4.39 Å². The van der Waals surface area contributed by atoms with E-state index in [-0.39, 0.29) is 5.82 Å². The molecule has 0 bridgehead atoms. The smallest absolute Gasteiger partial charge is 0.167 e. The third-order valence-corrected chi connectivity index (χ3v) is 3.76. The number of fused-ring (bicyclic) bond motifs is 1. The monoisotopic (exact) mass is 352 g/mol. The van der Waals surface area contributed by atoms with Gasteiger partial charge in [-0.05, 0) is 29.8 Å². The standard InChI is InChI=1S/C16H14BrFO3/c17-11-6-10(7-12(18)9-11)8-14(19)13-2-1-3-15-16(13)21-5-4-20-15/h1-3,6-7,9,14,19H,4-5,8H2. The van der Waals surface area contributed by atoms with Gasteiger partial charge in [0.2, 0.25) is 0 Å². The van der Waals surface area contributed by atoms with E-state index in [9.17, 15) is 9.50 Å². The lowest BCUT2D eigenvalue weighted by atomic mass is 10.00. The number of hydrogen-bond donors (Lipinski definition) is 1. The number of para-hydroxylation sites is 1. The molecule has 2 aromatic rings. The molecule has 21 heavy (non-hydrogen) atoms. The van der Waals surface area contributed by atoms with Gasteiger partial charge in [0.15, 0.2) is 11.5 Å². The van der Waals surface area contributed by atoms with Crippen molar-refractivity contribution in [1.29, 1.82) is 0 Å². The number of ether oxygens (including phenoxy) is 2. The van der Waals surface area contributed by atoms with Gasteiger partial charge in [-0.15, -0.1) is 0 Å². The molecule has 0 amide bonds. The molecule has 3 nitrogen and oxygen atoms in total. The Morgan fingerprint density at radius 2 is 2.00 bits per heavy atom. The summed E-state index contributed by atoms with van der Waals surface area (Å²) in [6.45, 7) is 0.964. The van der Waals surface area contributed by atoms with Crippen molar-refractivity contribution in [1.82, 2.24) is 0 Å². The first kappa shape index (κ1) is 14.4. The first-order valence-corrected chi connectivity index (χ1v) is 7.44. The van der Waals surface area contributed by atoms with Crippen molar-refractivity contribution < 1.29 is 19.0 Å². The van der Waals surface area contributed by atoms with Crippen LogP contribution >= 0.6 is 15.9 Å². The molecular formula is C16H14BrFO3. The lowest BCUT2D eigenvalue weighted by Crippen LogP contribution is -2.17. The molecule has 0 spiro atoms. The highest BCUT2D eigenvalue weighted by molar-refractivity contribution is 9.10. The molecule has 0 aromatic heterocycles. The summed E-state index contributed by atoms with van der Waals surface area (Å²) in [5.41, 5.74) is 1.37. The molecule has 0 aliphatic carbocycles. The van der Waals surface area contributed by atoms with Crippen LogP contribution in [0.3, 0.4) is 0 Å². The molecule has 0 saturated carbocycles. The number of aliphatic hydroxyl groups is 1. The maximum absolute atomic E-state index is 13.4. The lowest BCUT2D eigenvalue weighted by Gasteiger charge is -2.23. The largest absolute Gasteiger partial charge is 0.486 e. The summed E-state index contributed by atoms with van der Waals surface area (Å²) in [7, 11) is 0. The molecule has 1 heterocycles. The highest BCUT2D eigenvalue weighted by atomic mass is 79.9. The minimum atomic E-state index is -0.782. The predicted molar refractivity (Wildman–Crippen MR) is 80.2 cm³/mol. The van der Waals surface area contributed by atoms with E-state index in [4.69, 9.17) is 9.47 Å². The minimum Gasteiger partial charge on any atom is -0.486 e. The average molecular weight is 353 g/mol. The lowest BCUT2D eigenvalue weighted by molar-refractivity contribution is 0.146. The van der Waals surface area contributed by atoms with Crippen LogP contribution in [-0.4, -0.2) is 18.3 Å². The second-order valence-corrected chi connectivity index (χ2v) is 5.78. The highest BCUT2D eigenvalue weighted by Gasteiger charge is 2.21. The van der Waals surface area contributed by atoms with Crippen LogP contribution in [0.5, 0.6) is 11.5 Å². The Balaban J connectivity index is 1.87. The van der Waals surface area contributed by atoms with Crippen LogP contribution in [0, 0.1) is 5.82 Å². The summed E-state index contributed by atoms with van der Waals surface area (Å²) in [5.74, 6) is 0.881. The van der Waals surface area contributed by atoms with Gasteiger partial charge < -0.3 is 14.6 Å². The molecule has 1 aliphatic rings. The number of aliphatic hydroxyl groups excluding tert-OH is 1. The van der Waals surface area contributed by atoms with Gasteiger partial charge in [0, 0.05) is 16.5 Å². The van der Waals surface area contributed by atoms with Crippen LogP contribution in [0.1, 0.15) is 17.2 Å². The summed E-state index contributed by atoms with van der Waals surface area (Å²) in [4.78, 5) is 0. The summed E-state index contributed by atoms with van der Waals surface area (Å²) in [5, 5.41) is 10.4. The van der Waals surface area contributed by atoms with Crippen molar-refractivity contribution in [2.45, 2.75) is 12.5 Å². The van der Waals surface area contributed by atoms with Gasteiger partial charge in [0.25, 0.3) is 0 Å². The van der Waals surface area contributed by atoms with Gasteiger partial charge in [-0.1, -0.05) is 28.1 Å². The fraction of sp³-hybridized carbons (Fsp3) is 0.250. The molecule has 1 unspecified atom stereocenters. The summed E-state index contributed by atoms with van der Waals surface area (Å²) in [6, 6.07) is 10.0. The summed E-state index contributed by atoms with van der Waals surface area (Å²) >= 11 is 3.25. The normalized spacial score (nSPS) is 14.8. The second-order valence-electron chi connectivity index (χ2n) is 4.87. The van der Waals surface area contributed by atoms with Crippen LogP contribution in [-0.2, 0) is 6.42 Å². The Bertz CT molecular complexity index is 640. The third-order valence-electron chi connectivity index (χ3n) is 3.31. The quantitative estimate of drug-likeness (QED) is 0.916. The Kier molecular flexibility index (Phi) is 4.12. The number of rotatable bonds is 3. The van der Waals surface area contributed by atoms with E-state index in [2.05, 4.69) is 15.9 Å². The maximum Gasteiger partial charge on any atom is 0.167 e. The van der Waals surface area contributed by atoms with Crippen LogP contribution in [0.15, 0.2) is 40.9 Å². The van der Waals surface area contributed by atoms with Crippen LogP contribution < -0.4 is 9.47 Å². The van der Waals surface area contributed by atoms with Crippen molar-refractivity contribution in [2.75, 3.05) is 13.2 Å². The van der Waals surface area contributed by atoms with E-state index in [1.807, 2.05) is 12.1 Å². The van der Waals surface area contributed by atoms with Crippen molar-refractivity contribution in [2.24, 2.45) is 0 Å². The Labute approximate surface area is 130 Å². The molecule has 0 saturated heterocycles. The maximum atomic E-state index is 13.4. The number of halogens is 2. The molecule has 2 aromatic carbocycles. The van der Waals surface area contributed by atoms with E-state index >= 15 is 0 Å². The minimum absolute atomic E-state index is 0.302. The van der Waals surface area contributed by atoms with Gasteiger partial charge in [0.05, 0.1) is 6.10 Å². The van der Waals surface area contributed by atoms with Crippen molar-refractivity contribution in [3.63, 3.8) is 0 Å². The van der Waals surface area contributed by atoms with Gasteiger partial charge >= 0.3 is 0 Å². The molecule has 1 N–H and O–H groups in total. The fourth-order valence-corrected chi connectivity index (χ4v) is 2.93. The second kappa shape index (κ2) is 6.03. The molecule has 0 fully saturated rings. The topological polar surface area (TPSA) is 38.7 Å². The zero-order valence-electron chi connectivity index (χ0n) is 11.2. The van der Waals surface area contributed by atoms with E-state index in [1.54, 1.807) is 12.1 Å². The van der Waals surface area contributed by atoms with Crippen molar-refractivity contribution in [3.8, 4) is 11.5 Å². The molecule has 1 aliphatic heterocycles. The zero-order chi connectivity index (χ0) is 14.8. The van der Waals surface area contributed by atoms with E-state index < -0.39 is 6.10 Å². The third kappa shape index (κ3) is 3.19. The van der Waals surface area contributed by atoms with Crippen molar-refractivity contribution in [3.05, 3.63) is 57.8 Å². The molecule has 0 radical (unpaired) electrons. The van der Waals surface area contributed by atoms with E-state index in [1.165, 1.54) is 12.1 Å². The number of benzene rings is 2. The van der Waals surface area contributed by atoms with Gasteiger partial charge in [-0.25, -0.2) is 4.39 Å². The first-order chi connectivity index (χ1) is 10.1. The fourth-order valence-electron chi connectivity index (χ4n) is 2.42.